The van der Waals surface area contributed by atoms with Crippen molar-refractivity contribution in [3.63, 3.8) is 0 Å². The lowest BCUT2D eigenvalue weighted by Crippen LogP contribution is -2.29. The lowest BCUT2D eigenvalue weighted by molar-refractivity contribution is 0.227. The van der Waals surface area contributed by atoms with Crippen LogP contribution in [0.25, 0.3) is 0 Å². The topological polar surface area (TPSA) is 34.2 Å². The molecule has 1 aromatic carbocycles. The van der Waals surface area contributed by atoms with Gasteiger partial charge in [-0.05, 0) is 11.6 Å². The molecule has 4 heteroatoms. The molecule has 0 spiro atoms. The van der Waals surface area contributed by atoms with E-state index in [9.17, 15) is 0 Å². The molecule has 2 aromatic rings. The summed E-state index contributed by atoms with van der Waals surface area (Å²) in [5.74, 6) is 1.04. The number of benzene rings is 1. The van der Waals surface area contributed by atoms with Gasteiger partial charge in [-0.2, -0.15) is 0 Å². The standard InChI is InChI=1S/C17H22N2OS/c1-17(2,3)16-19-13(11-21-16)9-18-10-14-8-12-6-4-5-7-15(12)20-14/h4-7,11,14,18H,8-10H2,1-3H3. The summed E-state index contributed by atoms with van der Waals surface area (Å²) in [5, 5.41) is 6.81. The van der Waals surface area contributed by atoms with Gasteiger partial charge >= 0.3 is 0 Å². The van der Waals surface area contributed by atoms with Gasteiger partial charge in [0.05, 0.1) is 10.7 Å². The van der Waals surface area contributed by atoms with E-state index < -0.39 is 0 Å². The number of nitrogens with zero attached hydrogens (tertiary/aromatic N) is 1. The highest BCUT2D eigenvalue weighted by atomic mass is 32.1. The molecule has 1 aliphatic heterocycles. The van der Waals surface area contributed by atoms with Crippen LogP contribution >= 0.6 is 11.3 Å². The summed E-state index contributed by atoms with van der Waals surface area (Å²) in [7, 11) is 0. The average Bonchev–Trinajstić information content (AvgIpc) is 3.03. The van der Waals surface area contributed by atoms with Crippen LogP contribution in [0, 0.1) is 0 Å². The third-order valence-electron chi connectivity index (χ3n) is 3.59. The van der Waals surface area contributed by atoms with Crippen LogP contribution < -0.4 is 10.1 Å². The first-order chi connectivity index (χ1) is 10.0. The summed E-state index contributed by atoms with van der Waals surface area (Å²) in [6, 6.07) is 8.29. The summed E-state index contributed by atoms with van der Waals surface area (Å²) < 4.78 is 5.92. The molecule has 21 heavy (non-hydrogen) atoms. The van der Waals surface area contributed by atoms with Crippen LogP contribution in [0.5, 0.6) is 5.75 Å². The Morgan fingerprint density at radius 3 is 2.86 bits per heavy atom. The van der Waals surface area contributed by atoms with Gasteiger partial charge in [0.2, 0.25) is 0 Å². The van der Waals surface area contributed by atoms with Crippen molar-refractivity contribution in [3.8, 4) is 5.75 Å². The van der Waals surface area contributed by atoms with E-state index >= 15 is 0 Å². The van der Waals surface area contributed by atoms with Crippen LogP contribution in [-0.2, 0) is 18.4 Å². The van der Waals surface area contributed by atoms with E-state index in [1.807, 2.05) is 12.1 Å². The number of thiazole rings is 1. The molecule has 0 amide bonds. The number of aromatic nitrogens is 1. The number of hydrogen-bond acceptors (Lipinski definition) is 4. The number of fused-ring (bicyclic) bond motifs is 1. The second kappa shape index (κ2) is 5.78. The van der Waals surface area contributed by atoms with Crippen molar-refractivity contribution < 1.29 is 4.74 Å². The minimum Gasteiger partial charge on any atom is -0.488 e. The normalized spacial score (nSPS) is 17.6. The molecule has 1 aliphatic rings. The predicted molar refractivity (Wildman–Crippen MR) is 87.1 cm³/mol. The van der Waals surface area contributed by atoms with Crippen molar-refractivity contribution >= 4 is 11.3 Å². The zero-order chi connectivity index (χ0) is 14.9. The largest absolute Gasteiger partial charge is 0.488 e. The third-order valence-corrected chi connectivity index (χ3v) is 4.90. The van der Waals surface area contributed by atoms with Crippen molar-refractivity contribution in [2.75, 3.05) is 6.54 Å². The Morgan fingerprint density at radius 2 is 2.14 bits per heavy atom. The highest BCUT2D eigenvalue weighted by Crippen LogP contribution is 2.28. The van der Waals surface area contributed by atoms with Gasteiger partial charge in [-0.1, -0.05) is 39.0 Å². The molecule has 3 rings (SSSR count). The number of nitrogens with one attached hydrogen (secondary N) is 1. The van der Waals surface area contributed by atoms with Crippen LogP contribution in [0.2, 0.25) is 0 Å². The molecule has 1 unspecified atom stereocenters. The minimum absolute atomic E-state index is 0.138. The maximum Gasteiger partial charge on any atom is 0.123 e. The minimum atomic E-state index is 0.138. The maximum absolute atomic E-state index is 5.92. The van der Waals surface area contributed by atoms with Crippen molar-refractivity contribution in [2.45, 2.75) is 45.3 Å². The number of para-hydroxylation sites is 1. The quantitative estimate of drug-likeness (QED) is 0.938. The highest BCUT2D eigenvalue weighted by molar-refractivity contribution is 7.09. The van der Waals surface area contributed by atoms with Gasteiger partial charge in [-0.3, -0.25) is 0 Å². The van der Waals surface area contributed by atoms with Crippen LogP contribution in [0.4, 0.5) is 0 Å². The summed E-state index contributed by atoms with van der Waals surface area (Å²) >= 11 is 1.75. The molecule has 0 saturated carbocycles. The molecular weight excluding hydrogens is 280 g/mol. The predicted octanol–water partition coefficient (Wildman–Crippen LogP) is 3.53. The first kappa shape index (κ1) is 14.5. The van der Waals surface area contributed by atoms with Gasteiger partial charge in [0, 0.05) is 30.3 Å². The van der Waals surface area contributed by atoms with Gasteiger partial charge in [0.25, 0.3) is 0 Å². The average molecular weight is 302 g/mol. The fourth-order valence-electron chi connectivity index (χ4n) is 2.46. The molecule has 0 radical (unpaired) electrons. The van der Waals surface area contributed by atoms with Gasteiger partial charge in [0.15, 0.2) is 0 Å². The second-order valence-corrected chi connectivity index (χ2v) is 7.43. The lowest BCUT2D eigenvalue weighted by Gasteiger charge is -2.14. The summed E-state index contributed by atoms with van der Waals surface area (Å²) in [5.41, 5.74) is 2.58. The van der Waals surface area contributed by atoms with Gasteiger partial charge < -0.3 is 10.1 Å². The number of ether oxygens (including phenoxy) is 1. The summed E-state index contributed by atoms with van der Waals surface area (Å²) in [6.45, 7) is 8.27. The van der Waals surface area contributed by atoms with Crippen LogP contribution in [0.3, 0.4) is 0 Å². The Morgan fingerprint density at radius 1 is 1.33 bits per heavy atom. The van der Waals surface area contributed by atoms with E-state index in [-0.39, 0.29) is 11.5 Å². The van der Waals surface area contributed by atoms with E-state index in [2.05, 4.69) is 43.6 Å². The molecule has 1 N–H and O–H groups in total. The zero-order valence-electron chi connectivity index (χ0n) is 12.8. The summed E-state index contributed by atoms with van der Waals surface area (Å²) in [6.07, 6.45) is 1.23. The molecule has 2 heterocycles. The van der Waals surface area contributed by atoms with E-state index in [0.29, 0.717) is 0 Å². The van der Waals surface area contributed by atoms with Gasteiger partial charge in [0.1, 0.15) is 11.9 Å². The van der Waals surface area contributed by atoms with Crippen LogP contribution in [-0.4, -0.2) is 17.6 Å². The number of rotatable bonds is 4. The van der Waals surface area contributed by atoms with Crippen LogP contribution in [0.1, 0.15) is 37.0 Å². The molecule has 0 bridgehead atoms. The third kappa shape index (κ3) is 3.44. The molecule has 112 valence electrons. The van der Waals surface area contributed by atoms with E-state index in [1.165, 1.54) is 10.6 Å². The van der Waals surface area contributed by atoms with Crippen molar-refractivity contribution in [2.24, 2.45) is 0 Å². The molecule has 1 atom stereocenters. The molecule has 0 aliphatic carbocycles. The van der Waals surface area contributed by atoms with Gasteiger partial charge in [-0.15, -0.1) is 11.3 Å². The fourth-order valence-corrected chi connectivity index (χ4v) is 3.37. The molecule has 0 fully saturated rings. The molecule has 1 aromatic heterocycles. The Kier molecular flexibility index (Phi) is 4.00. The van der Waals surface area contributed by atoms with Crippen molar-refractivity contribution in [1.82, 2.24) is 10.3 Å². The summed E-state index contributed by atoms with van der Waals surface area (Å²) in [4.78, 5) is 4.70. The van der Waals surface area contributed by atoms with Gasteiger partial charge in [-0.25, -0.2) is 4.98 Å². The molecule has 0 saturated heterocycles. The maximum atomic E-state index is 5.92. The Hall–Kier alpha value is -1.39. The smallest absolute Gasteiger partial charge is 0.123 e. The molecule has 3 nitrogen and oxygen atoms in total. The first-order valence-corrected chi connectivity index (χ1v) is 8.30. The van der Waals surface area contributed by atoms with Crippen molar-refractivity contribution in [1.29, 1.82) is 0 Å². The van der Waals surface area contributed by atoms with Crippen molar-refractivity contribution in [3.05, 3.63) is 45.9 Å². The van der Waals surface area contributed by atoms with E-state index in [0.717, 1.165) is 31.0 Å². The Balaban J connectivity index is 1.48. The molecular formula is C17H22N2OS. The lowest BCUT2D eigenvalue weighted by atomic mass is 9.98. The monoisotopic (exact) mass is 302 g/mol. The number of hydrogen-bond donors (Lipinski definition) is 1. The first-order valence-electron chi connectivity index (χ1n) is 7.42. The SMILES string of the molecule is CC(C)(C)c1nc(CNCC2Cc3ccccc3O2)cs1. The highest BCUT2D eigenvalue weighted by Gasteiger charge is 2.22. The Labute approximate surface area is 130 Å². The fraction of sp³-hybridized carbons (Fsp3) is 0.471. The zero-order valence-corrected chi connectivity index (χ0v) is 13.7. The van der Waals surface area contributed by atoms with E-state index in [4.69, 9.17) is 9.72 Å². The second-order valence-electron chi connectivity index (χ2n) is 6.58. The van der Waals surface area contributed by atoms with E-state index in [1.54, 1.807) is 11.3 Å². The Bertz CT molecular complexity index is 590. The van der Waals surface area contributed by atoms with Crippen LogP contribution in [0.15, 0.2) is 29.6 Å².